The number of rotatable bonds is 2. The second kappa shape index (κ2) is 3.56. The maximum Gasteiger partial charge on any atom is 0.192 e. The van der Waals surface area contributed by atoms with Crippen molar-refractivity contribution < 1.29 is 4.58 Å². The fourth-order valence-electron chi connectivity index (χ4n) is 2.24. The van der Waals surface area contributed by atoms with Crippen LogP contribution in [0.5, 0.6) is 0 Å². The third kappa shape index (κ3) is 1.59. The molecule has 0 aromatic rings. The van der Waals surface area contributed by atoms with Crippen LogP contribution in [0.2, 0.25) is 0 Å². The van der Waals surface area contributed by atoms with Gasteiger partial charge in [0.1, 0.15) is 7.05 Å². The topological polar surface area (TPSA) is 3.01 Å². The van der Waals surface area contributed by atoms with Gasteiger partial charge in [-0.2, -0.15) is 0 Å². The van der Waals surface area contributed by atoms with Gasteiger partial charge in [-0.3, -0.25) is 0 Å². The van der Waals surface area contributed by atoms with Gasteiger partial charge in [-0.25, -0.2) is 4.58 Å². The zero-order valence-corrected chi connectivity index (χ0v) is 9.20. The van der Waals surface area contributed by atoms with Crippen LogP contribution in [0.3, 0.4) is 0 Å². The lowest BCUT2D eigenvalue weighted by Gasteiger charge is -2.11. The van der Waals surface area contributed by atoms with Crippen molar-refractivity contribution in [3.63, 3.8) is 0 Å². The molecule has 1 nitrogen and oxygen atoms in total. The summed E-state index contributed by atoms with van der Waals surface area (Å²) in [7, 11) is 2.14. The number of fused-ring (bicyclic) bond motifs is 1. The molecule has 2 aliphatic rings. The molecule has 74 valence electrons. The first-order chi connectivity index (χ1) is 6.68. The van der Waals surface area contributed by atoms with E-state index >= 15 is 0 Å². The number of nitrogens with zero attached hydrogens (tertiary/aromatic N) is 1. The summed E-state index contributed by atoms with van der Waals surface area (Å²) >= 11 is 0. The number of allylic oxidation sites excluding steroid dienone is 5. The molecule has 0 bridgehead atoms. The molecule has 0 spiro atoms. The van der Waals surface area contributed by atoms with Crippen molar-refractivity contribution in [3.8, 4) is 0 Å². The molecule has 0 aromatic carbocycles. The largest absolute Gasteiger partial charge is 0.204 e. The Bertz CT molecular complexity index is 353. The lowest BCUT2D eigenvalue weighted by atomic mass is 9.88. The van der Waals surface area contributed by atoms with Crippen molar-refractivity contribution in [2.24, 2.45) is 11.8 Å². The molecule has 2 rings (SSSR count). The van der Waals surface area contributed by atoms with Crippen LogP contribution in [0.1, 0.15) is 20.3 Å². The van der Waals surface area contributed by atoms with Gasteiger partial charge in [0.15, 0.2) is 11.9 Å². The van der Waals surface area contributed by atoms with Crippen LogP contribution in [-0.2, 0) is 0 Å². The smallest absolute Gasteiger partial charge is 0.192 e. The summed E-state index contributed by atoms with van der Waals surface area (Å²) in [6.07, 6.45) is 12.3. The van der Waals surface area contributed by atoms with Crippen molar-refractivity contribution >= 4 is 5.71 Å². The van der Waals surface area contributed by atoms with Crippen LogP contribution in [0.25, 0.3) is 0 Å². The van der Waals surface area contributed by atoms with Gasteiger partial charge in [-0.15, -0.1) is 0 Å². The summed E-state index contributed by atoms with van der Waals surface area (Å²) in [6.45, 7) is 4.56. The zero-order chi connectivity index (χ0) is 10.1. The minimum absolute atomic E-state index is 0.549. The summed E-state index contributed by atoms with van der Waals surface area (Å²) in [5.74, 6) is 1.29. The van der Waals surface area contributed by atoms with Gasteiger partial charge >= 0.3 is 0 Å². The first kappa shape index (κ1) is 9.45. The van der Waals surface area contributed by atoms with Crippen molar-refractivity contribution in [3.05, 3.63) is 36.1 Å². The van der Waals surface area contributed by atoms with E-state index in [1.807, 2.05) is 0 Å². The minimum Gasteiger partial charge on any atom is -0.204 e. The highest BCUT2D eigenvalue weighted by Crippen LogP contribution is 2.28. The molecule has 0 saturated heterocycles. The highest BCUT2D eigenvalue weighted by Gasteiger charge is 2.31. The van der Waals surface area contributed by atoms with E-state index in [-0.39, 0.29) is 0 Å². The van der Waals surface area contributed by atoms with Gasteiger partial charge in [0, 0.05) is 11.6 Å². The van der Waals surface area contributed by atoms with E-state index in [1.54, 1.807) is 5.57 Å². The minimum atomic E-state index is 0.549. The van der Waals surface area contributed by atoms with E-state index in [2.05, 4.69) is 56.0 Å². The van der Waals surface area contributed by atoms with E-state index in [0.29, 0.717) is 5.92 Å². The Hall–Kier alpha value is -1.11. The summed E-state index contributed by atoms with van der Waals surface area (Å²) in [6, 6.07) is 0. The standard InChI is InChI=1S/C13H18N/c1-10(2)8-11-9-14(3)13-7-5-4-6-12(11)13/h4-7,9-10,12H,8H2,1-3H3/q+1. The number of hydrogen-bond acceptors (Lipinski definition) is 0. The van der Waals surface area contributed by atoms with Crippen molar-refractivity contribution in [1.82, 2.24) is 0 Å². The molecule has 1 atom stereocenters. The van der Waals surface area contributed by atoms with E-state index in [0.717, 1.165) is 5.92 Å². The third-order valence-corrected chi connectivity index (χ3v) is 2.81. The fraction of sp³-hybridized carbons (Fsp3) is 0.462. The molecular formula is C13H18N+. The average Bonchev–Trinajstić information content (AvgIpc) is 2.44. The molecule has 0 amide bonds. The van der Waals surface area contributed by atoms with Crippen LogP contribution < -0.4 is 0 Å². The van der Waals surface area contributed by atoms with Crippen molar-refractivity contribution in [1.29, 1.82) is 0 Å². The predicted octanol–water partition coefficient (Wildman–Crippen LogP) is 2.76. The van der Waals surface area contributed by atoms with E-state index in [9.17, 15) is 0 Å². The van der Waals surface area contributed by atoms with Crippen molar-refractivity contribution in [2.45, 2.75) is 20.3 Å². The van der Waals surface area contributed by atoms with Gasteiger partial charge in [-0.05, 0) is 12.3 Å². The first-order valence-corrected chi connectivity index (χ1v) is 5.33. The summed E-state index contributed by atoms with van der Waals surface area (Å²) < 4.78 is 2.25. The molecule has 1 aliphatic heterocycles. The lowest BCUT2D eigenvalue weighted by Crippen LogP contribution is -2.16. The molecule has 0 radical (unpaired) electrons. The second-order valence-corrected chi connectivity index (χ2v) is 4.56. The molecule has 1 heteroatoms. The van der Waals surface area contributed by atoms with Crippen LogP contribution in [-0.4, -0.2) is 17.3 Å². The van der Waals surface area contributed by atoms with E-state index < -0.39 is 0 Å². The molecule has 0 aromatic heterocycles. The van der Waals surface area contributed by atoms with Gasteiger partial charge < -0.3 is 0 Å². The Labute approximate surface area is 86.1 Å². The first-order valence-electron chi connectivity index (χ1n) is 5.33. The Morgan fingerprint density at radius 3 is 2.86 bits per heavy atom. The number of hydrogen-bond donors (Lipinski definition) is 0. The molecule has 0 saturated carbocycles. The highest BCUT2D eigenvalue weighted by molar-refractivity contribution is 5.98. The molecule has 0 N–H and O–H groups in total. The summed E-state index contributed by atoms with van der Waals surface area (Å²) in [4.78, 5) is 0. The normalized spacial score (nSPS) is 24.6. The second-order valence-electron chi connectivity index (χ2n) is 4.56. The lowest BCUT2D eigenvalue weighted by molar-refractivity contribution is -0.419. The third-order valence-electron chi connectivity index (χ3n) is 2.81. The molecule has 1 unspecified atom stereocenters. The van der Waals surface area contributed by atoms with Gasteiger partial charge in [0.2, 0.25) is 0 Å². The Morgan fingerprint density at radius 2 is 2.14 bits per heavy atom. The summed E-state index contributed by atoms with van der Waals surface area (Å²) in [5.41, 5.74) is 2.97. The zero-order valence-electron chi connectivity index (χ0n) is 9.20. The Morgan fingerprint density at radius 1 is 1.36 bits per heavy atom. The molecular weight excluding hydrogens is 170 g/mol. The molecule has 0 fully saturated rings. The van der Waals surface area contributed by atoms with Gasteiger partial charge in [-0.1, -0.05) is 32.1 Å². The average molecular weight is 188 g/mol. The van der Waals surface area contributed by atoms with Crippen molar-refractivity contribution in [2.75, 3.05) is 7.05 Å². The maximum absolute atomic E-state index is 2.30. The predicted molar refractivity (Wildman–Crippen MR) is 60.5 cm³/mol. The molecule has 1 heterocycles. The highest BCUT2D eigenvalue weighted by atomic mass is 15.0. The van der Waals surface area contributed by atoms with Crippen LogP contribution >= 0.6 is 0 Å². The van der Waals surface area contributed by atoms with Crippen LogP contribution in [0.15, 0.2) is 36.1 Å². The molecule has 14 heavy (non-hydrogen) atoms. The Balaban J connectivity index is 2.23. The van der Waals surface area contributed by atoms with Crippen LogP contribution in [0, 0.1) is 11.8 Å². The van der Waals surface area contributed by atoms with Gasteiger partial charge in [0.05, 0.1) is 5.92 Å². The molecule has 1 aliphatic carbocycles. The summed E-state index contributed by atoms with van der Waals surface area (Å²) in [5, 5.41) is 0. The SMILES string of the molecule is CC(C)CC1=C[N+](C)=C2C=CC=CC12. The maximum atomic E-state index is 2.30. The van der Waals surface area contributed by atoms with E-state index in [4.69, 9.17) is 0 Å². The monoisotopic (exact) mass is 188 g/mol. The van der Waals surface area contributed by atoms with Crippen LogP contribution in [0.4, 0.5) is 0 Å². The van der Waals surface area contributed by atoms with Gasteiger partial charge in [0.25, 0.3) is 0 Å². The van der Waals surface area contributed by atoms with E-state index in [1.165, 1.54) is 12.1 Å². The Kier molecular flexibility index (Phi) is 2.40. The quantitative estimate of drug-likeness (QED) is 0.586. The fourth-order valence-corrected chi connectivity index (χ4v) is 2.24.